The first-order chi connectivity index (χ1) is 9.73. The monoisotopic (exact) mass is 275 g/mol. The third kappa shape index (κ3) is 2.28. The van der Waals surface area contributed by atoms with Crippen LogP contribution in [0.25, 0.3) is 11.4 Å². The summed E-state index contributed by atoms with van der Waals surface area (Å²) in [5, 5.41) is 4.03. The molecule has 1 aromatic heterocycles. The first kappa shape index (κ1) is 13.1. The Hall–Kier alpha value is -1.92. The number of benzene rings is 1. The van der Waals surface area contributed by atoms with E-state index in [9.17, 15) is 0 Å². The molecule has 0 radical (unpaired) electrons. The van der Waals surface area contributed by atoms with Crippen LogP contribution in [0.4, 0.5) is 0 Å². The molecule has 0 bridgehead atoms. The molecule has 0 saturated carbocycles. The van der Waals surface area contributed by atoms with Gasteiger partial charge in [0.2, 0.25) is 11.7 Å². The van der Waals surface area contributed by atoms with Gasteiger partial charge in [-0.25, -0.2) is 0 Å². The van der Waals surface area contributed by atoms with Crippen LogP contribution >= 0.6 is 0 Å². The molecule has 0 amide bonds. The van der Waals surface area contributed by atoms with Crippen molar-refractivity contribution in [3.63, 3.8) is 0 Å². The van der Waals surface area contributed by atoms with Gasteiger partial charge in [0.15, 0.2) is 0 Å². The fourth-order valence-corrected chi connectivity index (χ4v) is 2.31. The number of nitrogens with two attached hydrogens (primary N) is 1. The number of aromatic nitrogens is 2. The van der Waals surface area contributed by atoms with Gasteiger partial charge in [0, 0.05) is 13.2 Å². The largest absolute Gasteiger partial charge is 0.496 e. The summed E-state index contributed by atoms with van der Waals surface area (Å²) in [5.74, 6) is 1.66. The van der Waals surface area contributed by atoms with E-state index in [1.165, 1.54) is 0 Å². The van der Waals surface area contributed by atoms with Crippen LogP contribution in [0.2, 0.25) is 0 Å². The molecule has 6 nitrogen and oxygen atoms in total. The van der Waals surface area contributed by atoms with Crippen molar-refractivity contribution < 1.29 is 14.0 Å². The van der Waals surface area contributed by atoms with Gasteiger partial charge in [-0.1, -0.05) is 17.3 Å². The van der Waals surface area contributed by atoms with Crippen LogP contribution in [0.3, 0.4) is 0 Å². The zero-order valence-electron chi connectivity index (χ0n) is 11.3. The molecule has 0 spiro atoms. The number of rotatable bonds is 3. The zero-order valence-corrected chi connectivity index (χ0v) is 11.3. The molecule has 3 rings (SSSR count). The zero-order chi connectivity index (χ0) is 14.0. The van der Waals surface area contributed by atoms with Gasteiger partial charge in [0.1, 0.15) is 11.3 Å². The molecule has 0 unspecified atom stereocenters. The van der Waals surface area contributed by atoms with Gasteiger partial charge in [-0.05, 0) is 25.0 Å². The summed E-state index contributed by atoms with van der Waals surface area (Å²) in [5.41, 5.74) is 6.54. The molecular formula is C14H17N3O3. The Bertz CT molecular complexity index is 591. The van der Waals surface area contributed by atoms with Crippen molar-refractivity contribution in [2.24, 2.45) is 5.73 Å². The number of ether oxygens (including phenoxy) is 2. The van der Waals surface area contributed by atoms with E-state index in [0.29, 0.717) is 43.5 Å². The van der Waals surface area contributed by atoms with Crippen LogP contribution in [0, 0.1) is 0 Å². The lowest BCUT2D eigenvalue weighted by atomic mass is 9.91. The summed E-state index contributed by atoms with van der Waals surface area (Å²) in [6, 6.07) is 7.55. The minimum Gasteiger partial charge on any atom is -0.496 e. The van der Waals surface area contributed by atoms with Gasteiger partial charge in [-0.15, -0.1) is 0 Å². The van der Waals surface area contributed by atoms with E-state index >= 15 is 0 Å². The fraction of sp³-hybridized carbons (Fsp3) is 0.429. The SMILES string of the molecule is COc1ccccc1-c1noc(C2(N)CCOCC2)n1. The molecule has 2 heterocycles. The minimum atomic E-state index is -0.592. The topological polar surface area (TPSA) is 83.4 Å². The molecule has 1 aliphatic rings. The Kier molecular flexibility index (Phi) is 3.42. The highest BCUT2D eigenvalue weighted by molar-refractivity contribution is 5.63. The Balaban J connectivity index is 1.94. The highest BCUT2D eigenvalue weighted by Crippen LogP contribution is 2.32. The maximum atomic E-state index is 6.33. The third-order valence-corrected chi connectivity index (χ3v) is 3.58. The lowest BCUT2D eigenvalue weighted by Gasteiger charge is -2.29. The molecular weight excluding hydrogens is 258 g/mol. The molecule has 6 heteroatoms. The standard InChI is InChI=1S/C14H17N3O3/c1-18-11-5-3-2-4-10(11)12-16-13(20-17-12)14(15)6-8-19-9-7-14/h2-5H,6-9,15H2,1H3. The number of hydrogen-bond donors (Lipinski definition) is 1. The number of para-hydroxylation sites is 1. The molecule has 0 atom stereocenters. The third-order valence-electron chi connectivity index (χ3n) is 3.58. The molecule has 1 aromatic carbocycles. The number of methoxy groups -OCH3 is 1. The van der Waals surface area contributed by atoms with Gasteiger partial charge >= 0.3 is 0 Å². The number of nitrogens with zero attached hydrogens (tertiary/aromatic N) is 2. The number of hydrogen-bond acceptors (Lipinski definition) is 6. The van der Waals surface area contributed by atoms with E-state index in [-0.39, 0.29) is 0 Å². The second-order valence-corrected chi connectivity index (χ2v) is 4.89. The van der Waals surface area contributed by atoms with Crippen LogP contribution in [0.15, 0.2) is 28.8 Å². The molecule has 106 valence electrons. The summed E-state index contributed by atoms with van der Waals surface area (Å²) in [4.78, 5) is 4.45. The first-order valence-corrected chi connectivity index (χ1v) is 6.57. The van der Waals surface area contributed by atoms with Crippen molar-refractivity contribution in [3.8, 4) is 17.1 Å². The van der Waals surface area contributed by atoms with Crippen LogP contribution in [-0.4, -0.2) is 30.5 Å². The van der Waals surface area contributed by atoms with Gasteiger partial charge in [0.25, 0.3) is 0 Å². The van der Waals surface area contributed by atoms with Crippen molar-refractivity contribution in [2.45, 2.75) is 18.4 Å². The van der Waals surface area contributed by atoms with E-state index in [1.54, 1.807) is 7.11 Å². The van der Waals surface area contributed by atoms with Crippen molar-refractivity contribution in [1.82, 2.24) is 10.1 Å². The average Bonchev–Trinajstić information content (AvgIpc) is 2.98. The second-order valence-electron chi connectivity index (χ2n) is 4.89. The smallest absolute Gasteiger partial charge is 0.247 e. The molecule has 20 heavy (non-hydrogen) atoms. The van der Waals surface area contributed by atoms with Gasteiger partial charge in [-0.3, -0.25) is 0 Å². The normalized spacial score (nSPS) is 17.9. The lowest BCUT2D eigenvalue weighted by molar-refractivity contribution is 0.0400. The highest BCUT2D eigenvalue weighted by Gasteiger charge is 2.36. The average molecular weight is 275 g/mol. The van der Waals surface area contributed by atoms with Crippen molar-refractivity contribution in [3.05, 3.63) is 30.2 Å². The van der Waals surface area contributed by atoms with Gasteiger partial charge in [0.05, 0.1) is 12.7 Å². The molecule has 1 aliphatic heterocycles. The first-order valence-electron chi connectivity index (χ1n) is 6.57. The van der Waals surface area contributed by atoms with Crippen molar-refractivity contribution >= 4 is 0 Å². The second kappa shape index (κ2) is 5.22. The van der Waals surface area contributed by atoms with Crippen LogP contribution in [-0.2, 0) is 10.3 Å². The highest BCUT2D eigenvalue weighted by atomic mass is 16.5. The van der Waals surface area contributed by atoms with Gasteiger partial charge < -0.3 is 19.7 Å². The summed E-state index contributed by atoms with van der Waals surface area (Å²) < 4.78 is 16.0. The van der Waals surface area contributed by atoms with Crippen molar-refractivity contribution in [1.29, 1.82) is 0 Å². The van der Waals surface area contributed by atoms with E-state index in [2.05, 4.69) is 10.1 Å². The molecule has 1 fully saturated rings. The summed E-state index contributed by atoms with van der Waals surface area (Å²) in [6.07, 6.45) is 1.36. The van der Waals surface area contributed by atoms with Crippen LogP contribution in [0.1, 0.15) is 18.7 Å². The Morgan fingerprint density at radius 2 is 2.00 bits per heavy atom. The Morgan fingerprint density at radius 1 is 1.25 bits per heavy atom. The van der Waals surface area contributed by atoms with E-state index < -0.39 is 5.54 Å². The maximum Gasteiger partial charge on any atom is 0.247 e. The van der Waals surface area contributed by atoms with E-state index in [4.69, 9.17) is 19.7 Å². The molecule has 0 aliphatic carbocycles. The lowest BCUT2D eigenvalue weighted by Crippen LogP contribution is -2.42. The Labute approximate surface area is 116 Å². The predicted octanol–water partition coefficient (Wildman–Crippen LogP) is 1.71. The van der Waals surface area contributed by atoms with Crippen molar-refractivity contribution in [2.75, 3.05) is 20.3 Å². The summed E-state index contributed by atoms with van der Waals surface area (Å²) >= 11 is 0. The minimum absolute atomic E-state index is 0.460. The van der Waals surface area contributed by atoms with Crippen LogP contribution < -0.4 is 10.5 Å². The maximum absolute atomic E-state index is 6.33. The predicted molar refractivity (Wildman–Crippen MR) is 72.2 cm³/mol. The van der Waals surface area contributed by atoms with E-state index in [0.717, 1.165) is 5.56 Å². The van der Waals surface area contributed by atoms with Crippen LogP contribution in [0.5, 0.6) is 5.75 Å². The molecule has 2 aromatic rings. The van der Waals surface area contributed by atoms with E-state index in [1.807, 2.05) is 24.3 Å². The fourth-order valence-electron chi connectivity index (χ4n) is 2.31. The van der Waals surface area contributed by atoms with Gasteiger partial charge in [-0.2, -0.15) is 4.98 Å². The quantitative estimate of drug-likeness (QED) is 0.918. The Morgan fingerprint density at radius 3 is 2.75 bits per heavy atom. The summed E-state index contributed by atoms with van der Waals surface area (Å²) in [6.45, 7) is 1.23. The molecule has 2 N–H and O–H groups in total. The summed E-state index contributed by atoms with van der Waals surface area (Å²) in [7, 11) is 1.61. The molecule has 1 saturated heterocycles.